The van der Waals surface area contributed by atoms with E-state index in [2.05, 4.69) is 0 Å². The number of aliphatic hydroxyl groups is 1. The van der Waals surface area contributed by atoms with Crippen LogP contribution in [0, 0.1) is 5.82 Å². The van der Waals surface area contributed by atoms with Gasteiger partial charge in [0.2, 0.25) is 0 Å². The van der Waals surface area contributed by atoms with Crippen LogP contribution in [0.5, 0.6) is 0 Å². The van der Waals surface area contributed by atoms with Gasteiger partial charge in [0, 0.05) is 17.5 Å². The summed E-state index contributed by atoms with van der Waals surface area (Å²) >= 11 is 1.54. The second kappa shape index (κ2) is 6.01. The van der Waals surface area contributed by atoms with Gasteiger partial charge < -0.3 is 10.8 Å². The molecule has 0 aliphatic heterocycles. The monoisotopic (exact) mass is 215 g/mol. The summed E-state index contributed by atoms with van der Waals surface area (Å²) in [4.78, 5) is 0. The number of hydrogen-bond donors (Lipinski definition) is 2. The first-order valence-electron chi connectivity index (χ1n) is 4.46. The summed E-state index contributed by atoms with van der Waals surface area (Å²) in [5.74, 6) is 0.379. The fourth-order valence-corrected chi connectivity index (χ4v) is 2.07. The maximum Gasteiger partial charge on any atom is 0.123 e. The van der Waals surface area contributed by atoms with Gasteiger partial charge in [0.25, 0.3) is 0 Å². The molecule has 1 aromatic rings. The lowest BCUT2D eigenvalue weighted by Crippen LogP contribution is -2.10. The van der Waals surface area contributed by atoms with Crippen LogP contribution in [0.15, 0.2) is 24.3 Å². The largest absolute Gasteiger partial charge is 0.396 e. The number of nitrogens with two attached hydrogens (primary N) is 1. The van der Waals surface area contributed by atoms with E-state index in [0.29, 0.717) is 12.3 Å². The van der Waals surface area contributed by atoms with Crippen molar-refractivity contribution >= 4 is 11.8 Å². The molecule has 0 bridgehead atoms. The van der Waals surface area contributed by atoms with Crippen molar-refractivity contribution in [3.05, 3.63) is 35.6 Å². The van der Waals surface area contributed by atoms with E-state index in [1.165, 1.54) is 12.1 Å². The predicted molar refractivity (Wildman–Crippen MR) is 57.7 cm³/mol. The number of rotatable bonds is 5. The molecule has 0 aromatic heterocycles. The molecular formula is C10H14FNOS. The molecule has 0 aliphatic rings. The van der Waals surface area contributed by atoms with Crippen molar-refractivity contribution in [3.8, 4) is 0 Å². The Hall–Kier alpha value is -0.580. The zero-order valence-electron chi connectivity index (χ0n) is 7.82. The fourth-order valence-electron chi connectivity index (χ4n) is 1.20. The molecule has 0 heterocycles. The summed E-state index contributed by atoms with van der Waals surface area (Å²) in [7, 11) is 0. The molecule has 14 heavy (non-hydrogen) atoms. The van der Waals surface area contributed by atoms with Gasteiger partial charge in [-0.2, -0.15) is 11.8 Å². The molecular weight excluding hydrogens is 201 g/mol. The summed E-state index contributed by atoms with van der Waals surface area (Å²) in [5, 5.41) is 8.74. The van der Waals surface area contributed by atoms with Crippen LogP contribution < -0.4 is 5.73 Å². The molecule has 0 saturated heterocycles. The Morgan fingerprint density at radius 3 is 2.86 bits per heavy atom. The van der Waals surface area contributed by atoms with E-state index < -0.39 is 0 Å². The normalized spacial score (nSPS) is 12.8. The minimum atomic E-state index is -0.245. The SMILES string of the molecule is NCC(SCCO)c1cccc(F)c1. The van der Waals surface area contributed by atoms with Crippen molar-refractivity contribution in [3.63, 3.8) is 0 Å². The average molecular weight is 215 g/mol. The van der Waals surface area contributed by atoms with Gasteiger partial charge in [0.05, 0.1) is 6.61 Å². The van der Waals surface area contributed by atoms with Gasteiger partial charge in [0.1, 0.15) is 5.82 Å². The van der Waals surface area contributed by atoms with Crippen LogP contribution in [0.2, 0.25) is 0 Å². The number of thioether (sulfide) groups is 1. The summed E-state index contributed by atoms with van der Waals surface area (Å²) < 4.78 is 12.9. The lowest BCUT2D eigenvalue weighted by Gasteiger charge is -2.13. The minimum absolute atomic E-state index is 0.0675. The van der Waals surface area contributed by atoms with Gasteiger partial charge in [-0.1, -0.05) is 12.1 Å². The van der Waals surface area contributed by atoms with Crippen LogP contribution in [0.3, 0.4) is 0 Å². The molecule has 2 nitrogen and oxygen atoms in total. The molecule has 0 saturated carbocycles. The summed E-state index contributed by atoms with van der Waals surface area (Å²) in [6, 6.07) is 6.42. The van der Waals surface area contributed by atoms with E-state index in [1.807, 2.05) is 6.07 Å². The molecule has 0 radical (unpaired) electrons. The molecule has 0 amide bonds. The van der Waals surface area contributed by atoms with E-state index in [0.717, 1.165) is 5.56 Å². The van der Waals surface area contributed by atoms with Crippen molar-refractivity contribution in [2.45, 2.75) is 5.25 Å². The average Bonchev–Trinajstić information content (AvgIpc) is 2.19. The quantitative estimate of drug-likeness (QED) is 0.783. The number of benzene rings is 1. The molecule has 1 aromatic carbocycles. The van der Waals surface area contributed by atoms with E-state index in [1.54, 1.807) is 17.8 Å². The maximum absolute atomic E-state index is 12.9. The van der Waals surface area contributed by atoms with Crippen LogP contribution in [0.1, 0.15) is 10.8 Å². The van der Waals surface area contributed by atoms with Crippen LogP contribution in [0.25, 0.3) is 0 Å². The minimum Gasteiger partial charge on any atom is -0.396 e. The smallest absolute Gasteiger partial charge is 0.123 e. The Bertz CT molecular complexity index is 283. The Labute approximate surface area is 87.3 Å². The highest BCUT2D eigenvalue weighted by molar-refractivity contribution is 7.99. The molecule has 4 heteroatoms. The molecule has 3 N–H and O–H groups in total. The Morgan fingerprint density at radius 2 is 2.29 bits per heavy atom. The van der Waals surface area contributed by atoms with Crippen molar-refractivity contribution in [2.24, 2.45) is 5.73 Å². The second-order valence-corrected chi connectivity index (χ2v) is 4.18. The number of hydrogen-bond acceptors (Lipinski definition) is 3. The van der Waals surface area contributed by atoms with Crippen LogP contribution in [0.4, 0.5) is 4.39 Å². The van der Waals surface area contributed by atoms with Gasteiger partial charge in [-0.05, 0) is 17.7 Å². The first-order chi connectivity index (χ1) is 6.77. The Morgan fingerprint density at radius 1 is 1.50 bits per heavy atom. The molecule has 1 rings (SSSR count). The fraction of sp³-hybridized carbons (Fsp3) is 0.400. The second-order valence-electron chi connectivity index (χ2n) is 2.87. The number of aliphatic hydroxyl groups excluding tert-OH is 1. The van der Waals surface area contributed by atoms with Gasteiger partial charge in [-0.25, -0.2) is 4.39 Å². The molecule has 1 unspecified atom stereocenters. The van der Waals surface area contributed by atoms with Crippen LogP contribution in [-0.2, 0) is 0 Å². The standard InChI is InChI=1S/C10H14FNOS/c11-9-3-1-2-8(6-9)10(7-12)14-5-4-13/h1-3,6,10,13H,4-5,7,12H2. The lowest BCUT2D eigenvalue weighted by molar-refractivity contribution is 0.322. The topological polar surface area (TPSA) is 46.2 Å². The highest BCUT2D eigenvalue weighted by Crippen LogP contribution is 2.27. The predicted octanol–water partition coefficient (Wildman–Crippen LogP) is 1.55. The van der Waals surface area contributed by atoms with E-state index >= 15 is 0 Å². The highest BCUT2D eigenvalue weighted by atomic mass is 32.2. The maximum atomic E-state index is 12.9. The van der Waals surface area contributed by atoms with E-state index in [-0.39, 0.29) is 17.7 Å². The zero-order chi connectivity index (χ0) is 10.4. The van der Waals surface area contributed by atoms with Gasteiger partial charge in [0.15, 0.2) is 0 Å². The molecule has 78 valence electrons. The van der Waals surface area contributed by atoms with Gasteiger partial charge >= 0.3 is 0 Å². The van der Waals surface area contributed by atoms with Crippen LogP contribution in [-0.4, -0.2) is 24.0 Å². The first-order valence-corrected chi connectivity index (χ1v) is 5.50. The van der Waals surface area contributed by atoms with Crippen molar-refractivity contribution < 1.29 is 9.50 Å². The van der Waals surface area contributed by atoms with Crippen molar-refractivity contribution in [2.75, 3.05) is 18.9 Å². The summed E-state index contributed by atoms with van der Waals surface area (Å²) in [6.07, 6.45) is 0. The van der Waals surface area contributed by atoms with E-state index in [4.69, 9.17) is 10.8 Å². The zero-order valence-corrected chi connectivity index (χ0v) is 8.64. The first kappa shape index (κ1) is 11.5. The van der Waals surface area contributed by atoms with Crippen molar-refractivity contribution in [1.29, 1.82) is 0 Å². The Balaban J connectivity index is 2.68. The third kappa shape index (κ3) is 3.29. The molecule has 0 aliphatic carbocycles. The third-order valence-electron chi connectivity index (χ3n) is 1.84. The Kier molecular flexibility index (Phi) is 4.93. The van der Waals surface area contributed by atoms with Gasteiger partial charge in [-0.15, -0.1) is 0 Å². The lowest BCUT2D eigenvalue weighted by atomic mass is 10.1. The molecule has 1 atom stereocenters. The highest BCUT2D eigenvalue weighted by Gasteiger charge is 2.09. The molecule has 0 spiro atoms. The van der Waals surface area contributed by atoms with Gasteiger partial charge in [-0.3, -0.25) is 0 Å². The van der Waals surface area contributed by atoms with Crippen molar-refractivity contribution in [1.82, 2.24) is 0 Å². The summed E-state index contributed by atoms with van der Waals surface area (Å²) in [5.41, 5.74) is 6.45. The summed E-state index contributed by atoms with van der Waals surface area (Å²) in [6.45, 7) is 0.574. The number of halogens is 1. The molecule has 0 fully saturated rings. The van der Waals surface area contributed by atoms with Crippen LogP contribution >= 0.6 is 11.8 Å². The van der Waals surface area contributed by atoms with E-state index in [9.17, 15) is 4.39 Å². The third-order valence-corrected chi connectivity index (χ3v) is 3.13.